The van der Waals surface area contributed by atoms with Gasteiger partial charge in [-0.1, -0.05) is 31.2 Å². The zero-order valence-electron chi connectivity index (χ0n) is 11.4. The van der Waals surface area contributed by atoms with Gasteiger partial charge in [0.05, 0.1) is 6.04 Å². The highest BCUT2D eigenvalue weighted by atomic mass is 79.9. The quantitative estimate of drug-likeness (QED) is 0.749. The maximum atomic E-state index is 13.2. The Morgan fingerprint density at radius 2 is 1.85 bits per heavy atom. The van der Waals surface area contributed by atoms with E-state index in [9.17, 15) is 4.39 Å². The van der Waals surface area contributed by atoms with Crippen LogP contribution in [0.1, 0.15) is 42.9 Å². The van der Waals surface area contributed by atoms with Crippen LogP contribution in [0.2, 0.25) is 0 Å². The summed E-state index contributed by atoms with van der Waals surface area (Å²) >= 11 is 3.42. The average Bonchev–Trinajstić information content (AvgIpc) is 2.45. The minimum absolute atomic E-state index is 0.222. The van der Waals surface area contributed by atoms with E-state index in [1.165, 1.54) is 29.7 Å². The molecule has 2 atom stereocenters. The van der Waals surface area contributed by atoms with Crippen molar-refractivity contribution in [3.8, 4) is 0 Å². The minimum atomic E-state index is -0.222. The van der Waals surface area contributed by atoms with E-state index in [1.54, 1.807) is 6.07 Å². The molecular formula is C17H17BrFN. The molecule has 3 rings (SSSR count). The van der Waals surface area contributed by atoms with Crippen molar-refractivity contribution in [3.63, 3.8) is 0 Å². The molecular weight excluding hydrogens is 317 g/mol. The first-order valence-corrected chi connectivity index (χ1v) is 7.75. The van der Waals surface area contributed by atoms with Crippen molar-refractivity contribution in [2.45, 2.75) is 31.7 Å². The molecule has 2 aromatic carbocycles. The van der Waals surface area contributed by atoms with Gasteiger partial charge in [0.1, 0.15) is 5.82 Å². The third-order valence-corrected chi connectivity index (χ3v) is 4.71. The summed E-state index contributed by atoms with van der Waals surface area (Å²) in [5, 5.41) is 3.54. The van der Waals surface area contributed by atoms with E-state index in [0.29, 0.717) is 12.0 Å². The Hall–Kier alpha value is -1.35. The largest absolute Gasteiger partial charge is 0.377 e. The molecule has 0 saturated carbocycles. The number of hydrogen-bond acceptors (Lipinski definition) is 1. The fourth-order valence-electron chi connectivity index (χ4n) is 2.95. The molecule has 1 nitrogen and oxygen atoms in total. The molecule has 0 amide bonds. The summed E-state index contributed by atoms with van der Waals surface area (Å²) in [4.78, 5) is 0. The van der Waals surface area contributed by atoms with Gasteiger partial charge in [0.15, 0.2) is 0 Å². The first-order valence-electron chi connectivity index (χ1n) is 6.95. The fraction of sp³-hybridized carbons (Fsp3) is 0.294. The van der Waals surface area contributed by atoms with Crippen molar-refractivity contribution >= 4 is 21.6 Å². The Morgan fingerprint density at radius 3 is 2.60 bits per heavy atom. The third-order valence-electron chi connectivity index (χ3n) is 4.05. The Bertz CT molecular complexity index is 626. The Labute approximate surface area is 127 Å². The molecule has 0 aliphatic heterocycles. The summed E-state index contributed by atoms with van der Waals surface area (Å²) in [6.45, 7) is 2.28. The van der Waals surface area contributed by atoms with Crippen LogP contribution in [0, 0.1) is 5.82 Å². The van der Waals surface area contributed by atoms with E-state index in [4.69, 9.17) is 0 Å². The predicted molar refractivity (Wildman–Crippen MR) is 84.6 cm³/mol. The van der Waals surface area contributed by atoms with Crippen LogP contribution in [-0.2, 0) is 0 Å². The van der Waals surface area contributed by atoms with Crippen LogP contribution in [0.25, 0.3) is 0 Å². The van der Waals surface area contributed by atoms with Crippen molar-refractivity contribution in [3.05, 3.63) is 63.9 Å². The van der Waals surface area contributed by atoms with Gasteiger partial charge in [-0.05, 0) is 64.0 Å². The summed E-state index contributed by atoms with van der Waals surface area (Å²) in [6.07, 6.45) is 2.27. The molecule has 2 aromatic rings. The van der Waals surface area contributed by atoms with Crippen LogP contribution in [-0.4, -0.2) is 0 Å². The van der Waals surface area contributed by atoms with E-state index in [0.717, 1.165) is 16.6 Å². The number of rotatable bonds is 2. The highest BCUT2D eigenvalue weighted by Crippen LogP contribution is 2.39. The number of nitrogens with one attached hydrogen (secondary N) is 1. The predicted octanol–water partition coefficient (Wildman–Crippen LogP) is 5.64. The highest BCUT2D eigenvalue weighted by molar-refractivity contribution is 9.10. The van der Waals surface area contributed by atoms with Crippen LogP contribution in [0.4, 0.5) is 10.1 Å². The van der Waals surface area contributed by atoms with E-state index in [2.05, 4.69) is 52.4 Å². The van der Waals surface area contributed by atoms with Gasteiger partial charge in [-0.15, -0.1) is 0 Å². The second-order valence-electron chi connectivity index (χ2n) is 5.43. The normalized spacial score (nSPS) is 21.4. The van der Waals surface area contributed by atoms with Gasteiger partial charge >= 0.3 is 0 Å². The average molecular weight is 334 g/mol. The van der Waals surface area contributed by atoms with Crippen molar-refractivity contribution in [2.24, 2.45) is 0 Å². The second-order valence-corrected chi connectivity index (χ2v) is 6.28. The lowest BCUT2D eigenvalue weighted by atomic mass is 9.81. The van der Waals surface area contributed by atoms with Crippen LogP contribution in [0.15, 0.2) is 46.9 Å². The number of anilines is 1. The van der Waals surface area contributed by atoms with Crippen molar-refractivity contribution < 1.29 is 4.39 Å². The molecule has 0 saturated heterocycles. The summed E-state index contributed by atoms with van der Waals surface area (Å²) < 4.78 is 13.9. The standard InChI is InChI=1S/C17H17BrFN/c1-11-6-8-16(14-5-3-2-4-13(11)14)20-17-9-7-12(19)10-15(17)18/h2-5,7,9-11,16,20H,6,8H2,1H3. The van der Waals surface area contributed by atoms with Crippen LogP contribution in [0.5, 0.6) is 0 Å². The zero-order valence-corrected chi connectivity index (χ0v) is 13.0. The Morgan fingerprint density at radius 1 is 1.10 bits per heavy atom. The van der Waals surface area contributed by atoms with E-state index < -0.39 is 0 Å². The molecule has 0 radical (unpaired) electrons. The molecule has 0 bridgehead atoms. The fourth-order valence-corrected chi connectivity index (χ4v) is 3.41. The molecule has 20 heavy (non-hydrogen) atoms. The molecule has 0 aromatic heterocycles. The second kappa shape index (κ2) is 5.57. The van der Waals surface area contributed by atoms with Gasteiger partial charge in [0.2, 0.25) is 0 Å². The molecule has 1 aliphatic carbocycles. The SMILES string of the molecule is CC1CCC(Nc2ccc(F)cc2Br)c2ccccc21. The minimum Gasteiger partial charge on any atom is -0.377 e. The Kier molecular flexibility index (Phi) is 3.79. The van der Waals surface area contributed by atoms with Gasteiger partial charge in [-0.2, -0.15) is 0 Å². The number of hydrogen-bond donors (Lipinski definition) is 1. The number of halogens is 2. The van der Waals surface area contributed by atoms with Crippen molar-refractivity contribution in [1.82, 2.24) is 0 Å². The van der Waals surface area contributed by atoms with E-state index in [1.807, 2.05) is 0 Å². The van der Waals surface area contributed by atoms with Crippen LogP contribution < -0.4 is 5.32 Å². The monoisotopic (exact) mass is 333 g/mol. The van der Waals surface area contributed by atoms with Crippen LogP contribution >= 0.6 is 15.9 Å². The number of fused-ring (bicyclic) bond motifs is 1. The zero-order chi connectivity index (χ0) is 14.1. The number of benzene rings is 2. The van der Waals surface area contributed by atoms with Gasteiger partial charge in [-0.25, -0.2) is 4.39 Å². The first-order chi connectivity index (χ1) is 9.65. The van der Waals surface area contributed by atoms with Gasteiger partial charge in [0, 0.05) is 10.2 Å². The van der Waals surface area contributed by atoms with Gasteiger partial charge in [-0.3, -0.25) is 0 Å². The van der Waals surface area contributed by atoms with Crippen LogP contribution in [0.3, 0.4) is 0 Å². The molecule has 3 heteroatoms. The summed E-state index contributed by atoms with van der Waals surface area (Å²) in [5.41, 5.74) is 3.73. The molecule has 0 heterocycles. The lowest BCUT2D eigenvalue weighted by Gasteiger charge is -2.31. The summed E-state index contributed by atoms with van der Waals surface area (Å²) in [6, 6.07) is 13.7. The molecule has 1 aliphatic rings. The molecule has 1 N–H and O–H groups in total. The van der Waals surface area contributed by atoms with Crippen molar-refractivity contribution in [2.75, 3.05) is 5.32 Å². The topological polar surface area (TPSA) is 12.0 Å². The van der Waals surface area contributed by atoms with E-state index in [-0.39, 0.29) is 5.82 Å². The molecule has 0 spiro atoms. The van der Waals surface area contributed by atoms with Crippen molar-refractivity contribution in [1.29, 1.82) is 0 Å². The maximum Gasteiger partial charge on any atom is 0.124 e. The summed E-state index contributed by atoms with van der Waals surface area (Å²) in [5.74, 6) is 0.390. The molecule has 0 fully saturated rings. The smallest absolute Gasteiger partial charge is 0.124 e. The lowest BCUT2D eigenvalue weighted by molar-refractivity contribution is 0.534. The highest BCUT2D eigenvalue weighted by Gasteiger charge is 2.24. The van der Waals surface area contributed by atoms with E-state index >= 15 is 0 Å². The third kappa shape index (κ3) is 2.59. The molecule has 2 unspecified atom stereocenters. The van der Waals surface area contributed by atoms with Gasteiger partial charge < -0.3 is 5.32 Å². The first kappa shape index (κ1) is 13.6. The van der Waals surface area contributed by atoms with Gasteiger partial charge in [0.25, 0.3) is 0 Å². The lowest BCUT2D eigenvalue weighted by Crippen LogP contribution is -2.19. The Balaban J connectivity index is 1.90. The summed E-state index contributed by atoms with van der Waals surface area (Å²) in [7, 11) is 0. The molecule has 104 valence electrons. The maximum absolute atomic E-state index is 13.2.